The molecule has 0 aliphatic rings. The highest BCUT2D eigenvalue weighted by molar-refractivity contribution is 5.94. The first-order valence-electron chi connectivity index (χ1n) is 8.34. The Morgan fingerprint density at radius 1 is 1.00 bits per heavy atom. The molecule has 25 heavy (non-hydrogen) atoms. The molecule has 0 atom stereocenters. The van der Waals surface area contributed by atoms with E-state index in [1.165, 1.54) is 0 Å². The number of amides is 1. The molecule has 5 heteroatoms. The predicted octanol–water partition coefficient (Wildman–Crippen LogP) is 3.78. The Hall–Kier alpha value is -3.00. The van der Waals surface area contributed by atoms with Crippen LogP contribution in [0.15, 0.2) is 48.5 Å². The molecule has 0 aliphatic carbocycles. The van der Waals surface area contributed by atoms with E-state index in [4.69, 9.17) is 14.7 Å². The molecule has 0 unspecified atom stereocenters. The zero-order valence-corrected chi connectivity index (χ0v) is 14.6. The molecule has 0 N–H and O–H groups in total. The Kier molecular flexibility index (Phi) is 6.85. The summed E-state index contributed by atoms with van der Waals surface area (Å²) in [5, 5.41) is 8.85. The molecule has 1 amide bonds. The summed E-state index contributed by atoms with van der Waals surface area (Å²) in [6, 6.07) is 16.2. The number of hydrogen-bond acceptors (Lipinski definition) is 4. The van der Waals surface area contributed by atoms with Gasteiger partial charge < -0.3 is 14.4 Å². The fraction of sp³-hybridized carbons (Fsp3) is 0.300. The van der Waals surface area contributed by atoms with E-state index in [1.807, 2.05) is 19.1 Å². The number of hydrogen-bond donors (Lipinski definition) is 0. The zero-order chi connectivity index (χ0) is 18.1. The summed E-state index contributed by atoms with van der Waals surface area (Å²) in [6.07, 6.45) is 0.953. The molecule has 0 aliphatic heterocycles. The summed E-state index contributed by atoms with van der Waals surface area (Å²) >= 11 is 0. The largest absolute Gasteiger partial charge is 0.494 e. The molecule has 0 bridgehead atoms. The van der Waals surface area contributed by atoms with Crippen molar-refractivity contribution in [3.63, 3.8) is 0 Å². The molecule has 0 aromatic heterocycles. The number of benzene rings is 2. The normalized spacial score (nSPS) is 9.96. The molecule has 0 saturated carbocycles. The van der Waals surface area contributed by atoms with Crippen LogP contribution in [0.25, 0.3) is 0 Å². The third-order valence-corrected chi connectivity index (χ3v) is 3.58. The van der Waals surface area contributed by atoms with Gasteiger partial charge in [-0.15, -0.1) is 0 Å². The highest BCUT2D eigenvalue weighted by Crippen LogP contribution is 2.19. The first-order chi connectivity index (χ1) is 12.2. The second kappa shape index (κ2) is 9.33. The monoisotopic (exact) mass is 338 g/mol. The van der Waals surface area contributed by atoms with Crippen LogP contribution in [0.3, 0.4) is 0 Å². The van der Waals surface area contributed by atoms with Crippen molar-refractivity contribution in [1.29, 1.82) is 5.26 Å². The van der Waals surface area contributed by atoms with Crippen molar-refractivity contribution in [1.82, 2.24) is 0 Å². The van der Waals surface area contributed by atoms with Gasteiger partial charge in [-0.05, 0) is 61.9 Å². The number of nitrogens with zero attached hydrogens (tertiary/aromatic N) is 2. The van der Waals surface area contributed by atoms with E-state index in [0.29, 0.717) is 24.5 Å². The van der Waals surface area contributed by atoms with Gasteiger partial charge in [-0.25, -0.2) is 0 Å². The second-order valence-corrected chi connectivity index (χ2v) is 5.41. The van der Waals surface area contributed by atoms with Crippen LogP contribution in [0, 0.1) is 11.3 Å². The standard InChI is InChI=1S/C20H22N2O3/c1-3-13-24-18-9-11-19(12-10-18)25-15-20(23)22(4-2)17-7-5-16(14-21)6-8-17/h5-12H,3-4,13,15H2,1-2H3. The van der Waals surface area contributed by atoms with Crippen LogP contribution in [0.1, 0.15) is 25.8 Å². The number of anilines is 1. The Balaban J connectivity index is 1.94. The third-order valence-electron chi connectivity index (χ3n) is 3.58. The van der Waals surface area contributed by atoms with Crippen LogP contribution in [0.5, 0.6) is 11.5 Å². The van der Waals surface area contributed by atoms with E-state index >= 15 is 0 Å². The van der Waals surface area contributed by atoms with E-state index in [1.54, 1.807) is 41.3 Å². The van der Waals surface area contributed by atoms with Gasteiger partial charge in [-0.2, -0.15) is 5.26 Å². The zero-order valence-electron chi connectivity index (χ0n) is 14.6. The first-order valence-corrected chi connectivity index (χ1v) is 8.34. The molecule has 0 spiro atoms. The minimum Gasteiger partial charge on any atom is -0.494 e. The van der Waals surface area contributed by atoms with Gasteiger partial charge in [0.2, 0.25) is 0 Å². The molecule has 2 aromatic carbocycles. The van der Waals surface area contributed by atoms with Gasteiger partial charge in [0.25, 0.3) is 5.91 Å². The Bertz CT molecular complexity index is 718. The Morgan fingerprint density at radius 3 is 2.12 bits per heavy atom. The maximum Gasteiger partial charge on any atom is 0.264 e. The molecule has 2 aromatic rings. The van der Waals surface area contributed by atoms with Crippen molar-refractivity contribution in [3.8, 4) is 17.6 Å². The van der Waals surface area contributed by atoms with E-state index in [-0.39, 0.29) is 12.5 Å². The van der Waals surface area contributed by atoms with Gasteiger partial charge in [0.1, 0.15) is 11.5 Å². The van der Waals surface area contributed by atoms with Crippen molar-refractivity contribution < 1.29 is 14.3 Å². The Morgan fingerprint density at radius 2 is 1.60 bits per heavy atom. The summed E-state index contributed by atoms with van der Waals surface area (Å²) in [4.78, 5) is 14.0. The fourth-order valence-electron chi connectivity index (χ4n) is 2.29. The number of carbonyl (C=O) groups is 1. The average molecular weight is 338 g/mol. The summed E-state index contributed by atoms with van der Waals surface area (Å²) in [7, 11) is 0. The van der Waals surface area contributed by atoms with E-state index in [0.717, 1.165) is 17.9 Å². The van der Waals surface area contributed by atoms with Crippen LogP contribution in [-0.2, 0) is 4.79 Å². The molecule has 0 fully saturated rings. The lowest BCUT2D eigenvalue weighted by atomic mass is 10.2. The lowest BCUT2D eigenvalue weighted by Gasteiger charge is -2.21. The smallest absolute Gasteiger partial charge is 0.264 e. The molecular formula is C20H22N2O3. The SMILES string of the molecule is CCCOc1ccc(OCC(=O)N(CC)c2ccc(C#N)cc2)cc1. The molecule has 130 valence electrons. The summed E-state index contributed by atoms with van der Waals surface area (Å²) in [5.74, 6) is 1.26. The van der Waals surface area contributed by atoms with Gasteiger partial charge in [0.05, 0.1) is 18.2 Å². The van der Waals surface area contributed by atoms with Crippen LogP contribution in [0.4, 0.5) is 5.69 Å². The quantitative estimate of drug-likeness (QED) is 0.735. The van der Waals surface area contributed by atoms with Crippen molar-refractivity contribution in [2.24, 2.45) is 0 Å². The summed E-state index contributed by atoms with van der Waals surface area (Å²) in [5.41, 5.74) is 1.31. The number of carbonyl (C=O) groups excluding carboxylic acids is 1. The molecule has 0 heterocycles. The second-order valence-electron chi connectivity index (χ2n) is 5.41. The van der Waals surface area contributed by atoms with Crippen molar-refractivity contribution in [2.45, 2.75) is 20.3 Å². The fourth-order valence-corrected chi connectivity index (χ4v) is 2.29. The predicted molar refractivity (Wildman–Crippen MR) is 96.9 cm³/mol. The number of nitriles is 1. The number of rotatable bonds is 8. The van der Waals surface area contributed by atoms with Crippen molar-refractivity contribution in [3.05, 3.63) is 54.1 Å². The molecular weight excluding hydrogens is 316 g/mol. The van der Waals surface area contributed by atoms with Crippen molar-refractivity contribution in [2.75, 3.05) is 24.7 Å². The van der Waals surface area contributed by atoms with Crippen LogP contribution in [0.2, 0.25) is 0 Å². The minimum absolute atomic E-state index is 0.0526. The first kappa shape index (κ1) is 18.3. The molecule has 0 radical (unpaired) electrons. The third kappa shape index (κ3) is 5.25. The van der Waals surface area contributed by atoms with Crippen molar-refractivity contribution >= 4 is 11.6 Å². The lowest BCUT2D eigenvalue weighted by Crippen LogP contribution is -2.34. The van der Waals surface area contributed by atoms with E-state index in [9.17, 15) is 4.79 Å². The van der Waals surface area contributed by atoms with Crippen LogP contribution >= 0.6 is 0 Å². The highest BCUT2D eigenvalue weighted by Gasteiger charge is 2.14. The Labute approximate surface area is 148 Å². The summed E-state index contributed by atoms with van der Waals surface area (Å²) in [6.45, 7) is 5.10. The lowest BCUT2D eigenvalue weighted by molar-refractivity contribution is -0.120. The van der Waals surface area contributed by atoms with Gasteiger partial charge in [-0.3, -0.25) is 4.79 Å². The minimum atomic E-state index is -0.140. The molecule has 0 saturated heterocycles. The van der Waals surface area contributed by atoms with Crippen LogP contribution in [-0.4, -0.2) is 25.7 Å². The van der Waals surface area contributed by atoms with Gasteiger partial charge in [0, 0.05) is 12.2 Å². The summed E-state index contributed by atoms with van der Waals surface area (Å²) < 4.78 is 11.1. The van der Waals surface area contributed by atoms with E-state index < -0.39 is 0 Å². The van der Waals surface area contributed by atoms with E-state index in [2.05, 4.69) is 13.0 Å². The maximum atomic E-state index is 12.4. The van der Waals surface area contributed by atoms with Gasteiger partial charge >= 0.3 is 0 Å². The maximum absolute atomic E-state index is 12.4. The topological polar surface area (TPSA) is 62.6 Å². The average Bonchev–Trinajstić information content (AvgIpc) is 2.66. The number of likely N-dealkylation sites (N-methyl/N-ethyl adjacent to an activating group) is 1. The number of ether oxygens (including phenoxy) is 2. The van der Waals surface area contributed by atoms with Crippen LogP contribution < -0.4 is 14.4 Å². The van der Waals surface area contributed by atoms with Gasteiger partial charge in [-0.1, -0.05) is 6.92 Å². The van der Waals surface area contributed by atoms with Gasteiger partial charge in [0.15, 0.2) is 6.61 Å². The molecule has 5 nitrogen and oxygen atoms in total. The highest BCUT2D eigenvalue weighted by atomic mass is 16.5. The molecule has 2 rings (SSSR count).